The lowest BCUT2D eigenvalue weighted by atomic mass is 10.2. The van der Waals surface area contributed by atoms with Crippen LogP contribution in [0.2, 0.25) is 0 Å². The van der Waals surface area contributed by atoms with Crippen LogP contribution in [0.25, 0.3) is 0 Å². The molecule has 1 aromatic rings. The number of rotatable bonds is 6. The molecule has 0 aliphatic carbocycles. The van der Waals surface area contributed by atoms with Crippen LogP contribution in [0, 0.1) is 0 Å². The maximum absolute atomic E-state index is 12.0. The molecule has 0 bridgehead atoms. The van der Waals surface area contributed by atoms with Crippen molar-refractivity contribution in [3.8, 4) is 0 Å². The van der Waals surface area contributed by atoms with Gasteiger partial charge in [-0.2, -0.15) is 0 Å². The number of nitrogens with one attached hydrogen (secondary N) is 2. The van der Waals surface area contributed by atoms with Gasteiger partial charge in [-0.3, -0.25) is 13.8 Å². The Morgan fingerprint density at radius 2 is 1.69 bits per heavy atom. The van der Waals surface area contributed by atoms with Gasteiger partial charge in [0.15, 0.2) is 11.1 Å². The molecule has 4 N–H and O–H groups in total. The normalized spacial score (nSPS) is 13.0. The van der Waals surface area contributed by atoms with Crippen LogP contribution in [-0.2, 0) is 24.9 Å². The highest BCUT2D eigenvalue weighted by atomic mass is 32.2. The van der Waals surface area contributed by atoms with Gasteiger partial charge in [0.05, 0.1) is 23.1 Å². The summed E-state index contributed by atoms with van der Waals surface area (Å²) < 4.78 is 17.3. The van der Waals surface area contributed by atoms with Crippen LogP contribution in [0.15, 0.2) is 29.2 Å². The van der Waals surface area contributed by atoms with E-state index in [-0.39, 0.29) is 12.5 Å². The second kappa shape index (κ2) is 11.8. The average molecular weight is 386 g/mol. The molecule has 0 radical (unpaired) electrons. The Hall–Kier alpha value is -1.77. The molecule has 0 aromatic heterocycles. The molecule has 2 atom stereocenters. The van der Waals surface area contributed by atoms with Crippen molar-refractivity contribution in [3.05, 3.63) is 24.3 Å². The molecule has 1 aromatic carbocycles. The van der Waals surface area contributed by atoms with Crippen molar-refractivity contribution >= 4 is 28.6 Å². The Balaban J connectivity index is 0.00000194. The van der Waals surface area contributed by atoms with Crippen molar-refractivity contribution in [2.75, 3.05) is 11.9 Å². The Morgan fingerprint density at radius 1 is 1.19 bits per heavy atom. The number of hydrogen-bond donors (Lipinski definition) is 3. The van der Waals surface area contributed by atoms with Crippen LogP contribution in [-0.4, -0.2) is 34.2 Å². The third-order valence-corrected chi connectivity index (χ3v) is 3.80. The molecule has 0 saturated carbocycles. The molecule has 0 spiro atoms. The maximum atomic E-state index is 12.0. The first kappa shape index (κ1) is 24.2. The number of carbonyl (C=O) groups is 2. The van der Waals surface area contributed by atoms with Gasteiger partial charge in [-0.1, -0.05) is 20.3 Å². The third-order valence-electron chi connectivity index (χ3n) is 2.49. The Kier molecular flexibility index (Phi) is 11.0. The number of anilines is 1. The molecule has 0 saturated heterocycles. The smallest absolute Gasteiger partial charge is 0.243 e. The molecule has 0 heterocycles. The van der Waals surface area contributed by atoms with Crippen molar-refractivity contribution < 1.29 is 18.0 Å². The first-order chi connectivity index (χ1) is 12.0. The van der Waals surface area contributed by atoms with Gasteiger partial charge in [0, 0.05) is 5.69 Å². The van der Waals surface area contributed by atoms with Crippen molar-refractivity contribution in [3.63, 3.8) is 0 Å². The van der Waals surface area contributed by atoms with Crippen molar-refractivity contribution in [2.24, 2.45) is 5.73 Å². The topological polar surface area (TPSA) is 111 Å². The van der Waals surface area contributed by atoms with Crippen LogP contribution in [0.4, 0.5) is 5.69 Å². The number of amides is 2. The van der Waals surface area contributed by atoms with Crippen molar-refractivity contribution in [2.45, 2.75) is 64.5 Å². The predicted molar refractivity (Wildman–Crippen MR) is 105 cm³/mol. The fourth-order valence-electron chi connectivity index (χ4n) is 1.46. The van der Waals surface area contributed by atoms with Crippen LogP contribution in [0.5, 0.6) is 0 Å². The van der Waals surface area contributed by atoms with Gasteiger partial charge in [0.25, 0.3) is 0 Å². The summed E-state index contributed by atoms with van der Waals surface area (Å²) in [6, 6.07) is 5.78. The lowest BCUT2D eigenvalue weighted by molar-refractivity contribution is -0.124. The number of nitrogens with two attached hydrogens (primary N) is 1. The zero-order chi connectivity index (χ0) is 20.3. The molecular weight excluding hydrogens is 354 g/mol. The third kappa shape index (κ3) is 11.0. The molecule has 148 valence electrons. The summed E-state index contributed by atoms with van der Waals surface area (Å²) in [7, 11) is 0. The first-order valence-electron chi connectivity index (χ1n) is 8.54. The van der Waals surface area contributed by atoms with Gasteiger partial charge in [-0.05, 0) is 52.0 Å². The molecule has 8 heteroatoms. The highest BCUT2D eigenvalue weighted by molar-refractivity contribution is 7.80. The molecule has 0 aliphatic rings. The Bertz CT molecular complexity index is 595. The van der Waals surface area contributed by atoms with Gasteiger partial charge < -0.3 is 16.4 Å². The van der Waals surface area contributed by atoms with Crippen LogP contribution < -0.4 is 16.4 Å². The van der Waals surface area contributed by atoms with E-state index >= 15 is 0 Å². The maximum Gasteiger partial charge on any atom is 0.243 e. The molecule has 0 fully saturated rings. The van der Waals surface area contributed by atoms with Crippen LogP contribution in [0.1, 0.15) is 48.0 Å². The van der Waals surface area contributed by atoms with Crippen molar-refractivity contribution in [1.29, 1.82) is 0 Å². The summed E-state index contributed by atoms with van der Waals surface area (Å²) in [5.41, 5.74) is 5.39. The molecule has 2 amide bonds. The molecule has 1 rings (SSSR count). The average Bonchev–Trinajstić information content (AvgIpc) is 2.52. The molecule has 0 aliphatic heterocycles. The van der Waals surface area contributed by atoms with Crippen LogP contribution >= 0.6 is 0 Å². The minimum Gasteiger partial charge on any atom is -0.346 e. The second-order valence-electron chi connectivity index (χ2n) is 6.72. The molecule has 26 heavy (non-hydrogen) atoms. The first-order valence-corrected chi connectivity index (χ1v) is 9.62. The lowest BCUT2D eigenvalue weighted by Crippen LogP contribution is -2.41. The molecule has 7 nitrogen and oxygen atoms in total. The summed E-state index contributed by atoms with van der Waals surface area (Å²) in [4.78, 5) is 23.5. The van der Waals surface area contributed by atoms with E-state index in [1.807, 2.05) is 20.8 Å². The van der Waals surface area contributed by atoms with Gasteiger partial charge in [0.1, 0.15) is 0 Å². The van der Waals surface area contributed by atoms with E-state index < -0.39 is 28.6 Å². The van der Waals surface area contributed by atoms with Gasteiger partial charge in [-0.25, -0.2) is 4.21 Å². The van der Waals surface area contributed by atoms with Gasteiger partial charge in [0.2, 0.25) is 11.8 Å². The van der Waals surface area contributed by atoms with Crippen LogP contribution in [0.3, 0.4) is 0 Å². The number of carbonyl (C=O) groups excluding carboxylic acids is 2. The zero-order valence-electron chi connectivity index (χ0n) is 16.4. The number of hydrogen-bond acceptors (Lipinski definition) is 5. The number of benzene rings is 1. The van der Waals surface area contributed by atoms with E-state index in [0.717, 1.165) is 0 Å². The van der Waals surface area contributed by atoms with E-state index in [1.54, 1.807) is 24.3 Å². The van der Waals surface area contributed by atoms with Crippen molar-refractivity contribution in [1.82, 2.24) is 5.32 Å². The lowest BCUT2D eigenvalue weighted by Gasteiger charge is -2.17. The predicted octanol–water partition coefficient (Wildman–Crippen LogP) is 2.34. The quantitative estimate of drug-likeness (QED) is 0.696. The molecule has 2 unspecified atom stereocenters. The zero-order valence-corrected chi connectivity index (χ0v) is 17.2. The summed E-state index contributed by atoms with van der Waals surface area (Å²) in [6.45, 7) is 11.1. The summed E-state index contributed by atoms with van der Waals surface area (Å²) in [5, 5.41) is 5.03. The summed E-state index contributed by atoms with van der Waals surface area (Å²) >= 11 is -1.57. The monoisotopic (exact) mass is 385 g/mol. The highest BCUT2D eigenvalue weighted by Crippen LogP contribution is 2.18. The van der Waals surface area contributed by atoms with Gasteiger partial charge in [-0.15, -0.1) is 0 Å². The summed E-state index contributed by atoms with van der Waals surface area (Å²) in [6.07, 6.45) is 1.25. The Labute approximate surface area is 158 Å². The Morgan fingerprint density at radius 3 is 2.12 bits per heavy atom. The highest BCUT2D eigenvalue weighted by Gasteiger charge is 2.17. The van der Waals surface area contributed by atoms with E-state index in [1.165, 1.54) is 13.3 Å². The second-order valence-corrected chi connectivity index (χ2v) is 7.82. The SMILES string of the molecule is CC(N)C(=O)NCC(=O)Nc1ccc(S(=O)OC(C)(C)C)cc1.CCC. The minimum absolute atomic E-state index is 0.165. The standard InChI is InChI=1S/C15H23N3O4S.C3H8/c1-10(16)14(20)17-9-13(19)18-11-5-7-12(8-6-11)23(21)22-15(2,3)4;1-3-2/h5-8,10H,9,16H2,1-4H3,(H,17,20)(H,18,19);3H2,1-2H3. The van der Waals surface area contributed by atoms with E-state index in [0.29, 0.717) is 10.6 Å². The summed E-state index contributed by atoms with van der Waals surface area (Å²) in [5.74, 6) is -0.774. The van der Waals surface area contributed by atoms with E-state index in [9.17, 15) is 13.8 Å². The van der Waals surface area contributed by atoms with Gasteiger partial charge >= 0.3 is 0 Å². The van der Waals surface area contributed by atoms with E-state index in [2.05, 4.69) is 24.5 Å². The fourth-order valence-corrected chi connectivity index (χ4v) is 2.37. The fraction of sp³-hybridized carbons (Fsp3) is 0.556. The minimum atomic E-state index is -1.57. The largest absolute Gasteiger partial charge is 0.346 e. The molecular formula is C18H31N3O4S. The van der Waals surface area contributed by atoms with E-state index in [4.69, 9.17) is 9.92 Å².